The molecule has 2 amide bonds. The van der Waals surface area contributed by atoms with Crippen LogP contribution in [0.2, 0.25) is 0 Å². The monoisotopic (exact) mass is 471 g/mol. The second kappa shape index (κ2) is 10.2. The predicted octanol–water partition coefficient (Wildman–Crippen LogP) is 2.38. The van der Waals surface area contributed by atoms with Gasteiger partial charge in [0.15, 0.2) is 5.76 Å². The smallest absolute Gasteiger partial charge is 0.261 e. The van der Waals surface area contributed by atoms with Crippen LogP contribution in [-0.2, 0) is 26.1 Å². The molecule has 0 unspecified atom stereocenters. The summed E-state index contributed by atoms with van der Waals surface area (Å²) in [6.07, 6.45) is 6.98. The Morgan fingerprint density at radius 2 is 1.58 bits per heavy atom. The number of carbonyl (C=O) groups is 2. The Labute approximate surface area is 190 Å². The summed E-state index contributed by atoms with van der Waals surface area (Å²) in [5, 5.41) is 0. The van der Waals surface area contributed by atoms with Crippen molar-refractivity contribution in [1.82, 2.24) is 14.9 Å². The van der Waals surface area contributed by atoms with Crippen molar-refractivity contribution >= 4 is 21.9 Å². The van der Waals surface area contributed by atoms with E-state index in [0.717, 1.165) is 16.9 Å². The number of benzene rings is 1. The number of amides is 2. The first-order valence-corrected chi connectivity index (χ1v) is 11.5. The van der Waals surface area contributed by atoms with Crippen LogP contribution in [0.5, 0.6) is 5.75 Å². The molecule has 0 saturated carbocycles. The van der Waals surface area contributed by atoms with Crippen molar-refractivity contribution in [2.24, 2.45) is 0 Å². The number of rotatable bonds is 6. The number of carbonyl (C=O) groups excluding carboxylic acids is 2. The third-order valence-electron chi connectivity index (χ3n) is 4.45. The van der Waals surface area contributed by atoms with E-state index >= 15 is 0 Å². The van der Waals surface area contributed by atoms with Gasteiger partial charge in [-0.15, -0.1) is 0 Å². The molecule has 11 heteroatoms. The largest absolute Gasteiger partial charge is 0.497 e. The number of methoxy groups -OCH3 is 1. The molecule has 1 aromatic carbocycles. The summed E-state index contributed by atoms with van der Waals surface area (Å²) in [4.78, 5) is 33.4. The molecule has 0 aliphatic carbocycles. The third kappa shape index (κ3) is 6.57. The van der Waals surface area contributed by atoms with E-state index in [2.05, 4.69) is 9.97 Å². The average Bonchev–Trinajstić information content (AvgIpc) is 3.35. The van der Waals surface area contributed by atoms with Gasteiger partial charge in [-0.1, -0.05) is 0 Å². The molecule has 172 valence electrons. The van der Waals surface area contributed by atoms with Crippen LogP contribution in [0.3, 0.4) is 0 Å². The molecule has 33 heavy (non-hydrogen) atoms. The van der Waals surface area contributed by atoms with Gasteiger partial charge in [-0.25, -0.2) is 4.98 Å². The minimum atomic E-state index is -3.67. The second-order valence-corrected chi connectivity index (χ2v) is 8.37. The predicted molar refractivity (Wildman–Crippen MR) is 119 cm³/mol. The lowest BCUT2D eigenvalue weighted by molar-refractivity contribution is -0.136. The number of aromatic nitrogens is 2. The molecule has 0 atom stereocenters. The second-order valence-electron chi connectivity index (χ2n) is 6.90. The van der Waals surface area contributed by atoms with Crippen LogP contribution in [0.25, 0.3) is 22.8 Å². The topological polar surface area (TPSA) is 140 Å². The highest BCUT2D eigenvalue weighted by Gasteiger charge is 2.25. The summed E-state index contributed by atoms with van der Waals surface area (Å²) in [6, 6.07) is 11.1. The van der Waals surface area contributed by atoms with Crippen LogP contribution in [0.1, 0.15) is 5.69 Å². The summed E-state index contributed by atoms with van der Waals surface area (Å²) in [5.41, 5.74) is 2.30. The van der Waals surface area contributed by atoms with Crippen LogP contribution in [0.15, 0.2) is 65.4 Å². The van der Waals surface area contributed by atoms with E-state index in [1.54, 1.807) is 19.5 Å². The zero-order valence-corrected chi connectivity index (χ0v) is 18.7. The molecule has 0 fully saturated rings. The first-order valence-electron chi connectivity index (χ1n) is 9.66. The van der Waals surface area contributed by atoms with Gasteiger partial charge in [-0.2, -0.15) is 8.42 Å². The van der Waals surface area contributed by atoms with Crippen molar-refractivity contribution in [3.63, 3.8) is 0 Å². The molecular formula is C22H21N3O7S. The molecule has 3 heterocycles. The molecule has 0 bridgehead atoms. The van der Waals surface area contributed by atoms with Gasteiger partial charge in [-0.05, 0) is 36.4 Å². The first kappa shape index (κ1) is 23.8. The fourth-order valence-electron chi connectivity index (χ4n) is 2.98. The van der Waals surface area contributed by atoms with E-state index in [1.165, 1.54) is 17.1 Å². The summed E-state index contributed by atoms with van der Waals surface area (Å²) in [7, 11) is -2.06. The minimum Gasteiger partial charge on any atom is -0.497 e. The Hall–Kier alpha value is -3.83. The highest BCUT2D eigenvalue weighted by molar-refractivity contribution is 7.85. The maximum Gasteiger partial charge on any atom is 0.261 e. The van der Waals surface area contributed by atoms with Crippen molar-refractivity contribution in [2.45, 2.75) is 6.42 Å². The molecule has 1 aliphatic heterocycles. The van der Waals surface area contributed by atoms with Gasteiger partial charge in [0.1, 0.15) is 5.75 Å². The van der Waals surface area contributed by atoms with Crippen molar-refractivity contribution in [2.75, 3.05) is 19.9 Å². The first-order chi connectivity index (χ1) is 15.7. The number of nitrogens with zero attached hydrogens (tertiary/aromatic N) is 3. The van der Waals surface area contributed by atoms with Crippen LogP contribution in [0.4, 0.5) is 0 Å². The summed E-state index contributed by atoms with van der Waals surface area (Å²) >= 11 is 0. The zero-order valence-electron chi connectivity index (χ0n) is 17.8. The molecular weight excluding hydrogens is 450 g/mol. The Kier molecular flexibility index (Phi) is 7.36. The summed E-state index contributed by atoms with van der Waals surface area (Å²) in [5.74, 6) is 1.17. The average molecular weight is 471 g/mol. The zero-order chi connectivity index (χ0) is 24.0. The Morgan fingerprint density at radius 1 is 1.00 bits per heavy atom. The number of hydrogen-bond acceptors (Lipinski definition) is 8. The van der Waals surface area contributed by atoms with Crippen molar-refractivity contribution in [3.8, 4) is 28.5 Å². The van der Waals surface area contributed by atoms with Crippen molar-refractivity contribution in [1.29, 1.82) is 0 Å². The Bertz CT molecular complexity index is 1240. The number of pyridine rings is 1. The molecule has 1 N–H and O–H groups in total. The van der Waals surface area contributed by atoms with Gasteiger partial charge in [0.2, 0.25) is 5.89 Å². The van der Waals surface area contributed by atoms with Gasteiger partial charge >= 0.3 is 0 Å². The molecule has 0 saturated heterocycles. The molecule has 3 aromatic rings. The van der Waals surface area contributed by atoms with Crippen molar-refractivity contribution < 1.29 is 31.7 Å². The lowest BCUT2D eigenvalue weighted by Gasteiger charge is -2.12. The molecule has 2 aromatic heterocycles. The lowest BCUT2D eigenvalue weighted by atomic mass is 10.1. The Balaban J connectivity index is 0.000000555. The van der Waals surface area contributed by atoms with Gasteiger partial charge in [-0.3, -0.25) is 24.0 Å². The van der Waals surface area contributed by atoms with E-state index in [1.807, 2.05) is 36.4 Å². The normalized spacial score (nSPS) is 13.1. The van der Waals surface area contributed by atoms with Gasteiger partial charge in [0, 0.05) is 48.6 Å². The highest BCUT2D eigenvalue weighted by Crippen LogP contribution is 2.31. The van der Waals surface area contributed by atoms with E-state index in [-0.39, 0.29) is 18.4 Å². The van der Waals surface area contributed by atoms with Crippen LogP contribution in [0, 0.1) is 0 Å². The number of oxazole rings is 1. The fourth-order valence-corrected chi connectivity index (χ4v) is 2.98. The van der Waals surface area contributed by atoms with E-state index in [0.29, 0.717) is 30.0 Å². The fraction of sp³-hybridized carbons (Fsp3) is 0.182. The van der Waals surface area contributed by atoms with Crippen LogP contribution in [-0.4, -0.2) is 59.6 Å². The van der Waals surface area contributed by atoms with Crippen molar-refractivity contribution in [3.05, 3.63) is 66.6 Å². The number of ether oxygens (including phenoxy) is 1. The standard InChI is InChI=1S/C21H17N3O4.CH4O3S/c1-27-16-4-2-14(3-5-16)20-17(10-13-24-18(25)6-7-19(24)26)23-21(28-20)15-8-11-22-12-9-15;1-5(2,3)4/h2-9,11-12H,10,13H2,1H3;1H3,(H,2,3,4). The summed E-state index contributed by atoms with van der Waals surface area (Å²) in [6.45, 7) is 0.232. The van der Waals surface area contributed by atoms with E-state index in [4.69, 9.17) is 13.7 Å². The number of imide groups is 1. The highest BCUT2D eigenvalue weighted by atomic mass is 32.2. The van der Waals surface area contributed by atoms with E-state index < -0.39 is 10.1 Å². The molecule has 0 radical (unpaired) electrons. The maximum absolute atomic E-state index is 11.8. The van der Waals surface area contributed by atoms with Crippen LogP contribution >= 0.6 is 0 Å². The number of hydrogen-bond donors (Lipinski definition) is 1. The molecule has 10 nitrogen and oxygen atoms in total. The SMILES string of the molecule is COc1ccc(-c2oc(-c3ccncc3)nc2CCN2C(=O)C=CC2=O)cc1.CS(=O)(=O)O. The van der Waals surface area contributed by atoms with Gasteiger partial charge in [0.05, 0.1) is 19.1 Å². The maximum atomic E-state index is 11.8. The minimum absolute atomic E-state index is 0.232. The molecule has 1 aliphatic rings. The molecule has 4 rings (SSSR count). The van der Waals surface area contributed by atoms with Gasteiger partial charge in [0.25, 0.3) is 21.9 Å². The summed E-state index contributed by atoms with van der Waals surface area (Å²) < 4.78 is 37.1. The van der Waals surface area contributed by atoms with E-state index in [9.17, 15) is 18.0 Å². The third-order valence-corrected chi connectivity index (χ3v) is 4.45. The van der Waals surface area contributed by atoms with Crippen LogP contribution < -0.4 is 4.74 Å². The molecule has 0 spiro atoms. The lowest BCUT2D eigenvalue weighted by Crippen LogP contribution is -2.32. The quantitative estimate of drug-likeness (QED) is 0.424. The van der Waals surface area contributed by atoms with Gasteiger partial charge < -0.3 is 9.15 Å². The Morgan fingerprint density at radius 3 is 2.12 bits per heavy atom.